The normalized spacial score (nSPS) is 24.1. The van der Waals surface area contributed by atoms with Crippen molar-refractivity contribution in [1.29, 1.82) is 0 Å². The van der Waals surface area contributed by atoms with Crippen LogP contribution in [0.3, 0.4) is 0 Å². The lowest BCUT2D eigenvalue weighted by Crippen LogP contribution is -2.39. The standard InChI is InChI=1S/C15H24N2/c1-3-15(4-2)12-17(11-14(15)16)10-13-8-6-5-7-9-13/h5-9,14H,3-4,10-12,16H2,1-2H3. The summed E-state index contributed by atoms with van der Waals surface area (Å²) < 4.78 is 0. The second kappa shape index (κ2) is 5.19. The van der Waals surface area contributed by atoms with E-state index in [1.807, 2.05) is 0 Å². The molecule has 1 heterocycles. The first-order chi connectivity index (χ1) is 8.20. The van der Waals surface area contributed by atoms with Crippen LogP contribution in [0.25, 0.3) is 0 Å². The molecule has 0 aromatic heterocycles. The first kappa shape index (κ1) is 12.6. The predicted molar refractivity (Wildman–Crippen MR) is 72.7 cm³/mol. The van der Waals surface area contributed by atoms with E-state index in [4.69, 9.17) is 5.73 Å². The van der Waals surface area contributed by atoms with Gasteiger partial charge in [0.1, 0.15) is 0 Å². The molecule has 2 heteroatoms. The average Bonchev–Trinajstić information content (AvgIpc) is 2.67. The van der Waals surface area contributed by atoms with E-state index in [0.29, 0.717) is 11.5 Å². The topological polar surface area (TPSA) is 29.3 Å². The summed E-state index contributed by atoms with van der Waals surface area (Å²) in [4.78, 5) is 2.51. The van der Waals surface area contributed by atoms with Crippen molar-refractivity contribution in [2.45, 2.75) is 39.3 Å². The third-order valence-corrected chi connectivity index (χ3v) is 4.44. The maximum Gasteiger partial charge on any atom is 0.0237 e. The summed E-state index contributed by atoms with van der Waals surface area (Å²) in [5.74, 6) is 0. The third kappa shape index (κ3) is 2.53. The van der Waals surface area contributed by atoms with Crippen LogP contribution in [0.1, 0.15) is 32.3 Å². The lowest BCUT2D eigenvalue weighted by molar-refractivity contribution is 0.224. The summed E-state index contributed by atoms with van der Waals surface area (Å²) >= 11 is 0. The first-order valence-corrected chi connectivity index (χ1v) is 6.72. The molecule has 1 fully saturated rings. The lowest BCUT2D eigenvalue weighted by atomic mass is 9.78. The molecule has 0 saturated carbocycles. The first-order valence-electron chi connectivity index (χ1n) is 6.72. The smallest absolute Gasteiger partial charge is 0.0237 e. The zero-order valence-corrected chi connectivity index (χ0v) is 11.0. The van der Waals surface area contributed by atoms with Gasteiger partial charge in [0, 0.05) is 25.7 Å². The van der Waals surface area contributed by atoms with Crippen LogP contribution in [0.2, 0.25) is 0 Å². The summed E-state index contributed by atoms with van der Waals surface area (Å²) in [6.07, 6.45) is 2.38. The van der Waals surface area contributed by atoms with Crippen LogP contribution in [-0.4, -0.2) is 24.0 Å². The second-order valence-electron chi connectivity index (χ2n) is 5.33. The molecule has 2 N–H and O–H groups in total. The van der Waals surface area contributed by atoms with Gasteiger partial charge in [-0.3, -0.25) is 4.90 Å². The molecule has 17 heavy (non-hydrogen) atoms. The molecule has 1 aromatic rings. The predicted octanol–water partition coefficient (Wildman–Crippen LogP) is 2.64. The van der Waals surface area contributed by atoms with Crippen LogP contribution in [0, 0.1) is 5.41 Å². The minimum Gasteiger partial charge on any atom is -0.326 e. The number of nitrogens with zero attached hydrogens (tertiary/aromatic N) is 1. The molecule has 1 aliphatic heterocycles. The van der Waals surface area contributed by atoms with E-state index in [1.54, 1.807) is 0 Å². The number of benzene rings is 1. The summed E-state index contributed by atoms with van der Waals surface area (Å²) in [5.41, 5.74) is 8.07. The Morgan fingerprint density at radius 2 is 1.88 bits per heavy atom. The monoisotopic (exact) mass is 232 g/mol. The Kier molecular flexibility index (Phi) is 3.85. The maximum absolute atomic E-state index is 6.34. The van der Waals surface area contributed by atoms with Crippen molar-refractivity contribution >= 4 is 0 Å². The molecule has 0 aliphatic carbocycles. The number of hydrogen-bond acceptors (Lipinski definition) is 2. The molecule has 1 saturated heterocycles. The van der Waals surface area contributed by atoms with E-state index in [2.05, 4.69) is 49.1 Å². The highest BCUT2D eigenvalue weighted by Gasteiger charge is 2.41. The minimum atomic E-state index is 0.334. The SMILES string of the molecule is CCC1(CC)CN(Cc2ccccc2)CC1N. The second-order valence-corrected chi connectivity index (χ2v) is 5.33. The zero-order valence-electron chi connectivity index (χ0n) is 11.0. The molecule has 2 rings (SSSR count). The minimum absolute atomic E-state index is 0.334. The number of likely N-dealkylation sites (tertiary alicyclic amines) is 1. The molecule has 0 radical (unpaired) electrons. The van der Waals surface area contributed by atoms with Gasteiger partial charge in [0.05, 0.1) is 0 Å². The Balaban J connectivity index is 2.02. The summed E-state index contributed by atoms with van der Waals surface area (Å²) in [6.45, 7) is 7.77. The van der Waals surface area contributed by atoms with Gasteiger partial charge >= 0.3 is 0 Å². The van der Waals surface area contributed by atoms with Crippen molar-refractivity contribution in [2.75, 3.05) is 13.1 Å². The van der Waals surface area contributed by atoms with Crippen molar-refractivity contribution in [2.24, 2.45) is 11.1 Å². The largest absolute Gasteiger partial charge is 0.326 e. The molecule has 0 amide bonds. The van der Waals surface area contributed by atoms with Crippen molar-refractivity contribution in [3.8, 4) is 0 Å². The van der Waals surface area contributed by atoms with Crippen LogP contribution in [0.15, 0.2) is 30.3 Å². The Labute approximate surface area is 105 Å². The Bertz CT molecular complexity index is 343. The summed E-state index contributed by atoms with van der Waals surface area (Å²) in [5, 5.41) is 0. The quantitative estimate of drug-likeness (QED) is 0.864. The van der Waals surface area contributed by atoms with E-state index in [9.17, 15) is 0 Å². The fourth-order valence-corrected chi connectivity index (χ4v) is 3.06. The third-order valence-electron chi connectivity index (χ3n) is 4.44. The van der Waals surface area contributed by atoms with Crippen LogP contribution in [-0.2, 0) is 6.54 Å². The average molecular weight is 232 g/mol. The van der Waals surface area contributed by atoms with Gasteiger partial charge in [-0.15, -0.1) is 0 Å². The van der Waals surface area contributed by atoms with E-state index < -0.39 is 0 Å². The van der Waals surface area contributed by atoms with Gasteiger partial charge in [-0.25, -0.2) is 0 Å². The van der Waals surface area contributed by atoms with Crippen molar-refractivity contribution < 1.29 is 0 Å². The summed E-state index contributed by atoms with van der Waals surface area (Å²) in [6, 6.07) is 11.0. The molecule has 1 unspecified atom stereocenters. The van der Waals surface area contributed by atoms with E-state index >= 15 is 0 Å². The molecule has 1 atom stereocenters. The molecule has 94 valence electrons. The highest BCUT2D eigenvalue weighted by molar-refractivity contribution is 5.15. The Hall–Kier alpha value is -0.860. The van der Waals surface area contributed by atoms with Gasteiger partial charge in [-0.1, -0.05) is 44.2 Å². The molecule has 1 aromatic carbocycles. The van der Waals surface area contributed by atoms with Gasteiger partial charge in [-0.05, 0) is 23.8 Å². The maximum atomic E-state index is 6.34. The molecule has 0 bridgehead atoms. The molecule has 0 spiro atoms. The van der Waals surface area contributed by atoms with Crippen LogP contribution >= 0.6 is 0 Å². The molecular formula is C15H24N2. The van der Waals surface area contributed by atoms with Crippen LogP contribution < -0.4 is 5.73 Å². The van der Waals surface area contributed by atoms with Gasteiger partial charge in [-0.2, -0.15) is 0 Å². The number of nitrogens with two attached hydrogens (primary N) is 1. The van der Waals surface area contributed by atoms with Gasteiger partial charge in [0.25, 0.3) is 0 Å². The number of rotatable bonds is 4. The van der Waals surface area contributed by atoms with Crippen LogP contribution in [0.5, 0.6) is 0 Å². The van der Waals surface area contributed by atoms with Gasteiger partial charge in [0.2, 0.25) is 0 Å². The van der Waals surface area contributed by atoms with Crippen molar-refractivity contribution in [3.63, 3.8) is 0 Å². The Morgan fingerprint density at radius 3 is 2.41 bits per heavy atom. The highest BCUT2D eigenvalue weighted by Crippen LogP contribution is 2.36. The van der Waals surface area contributed by atoms with Crippen molar-refractivity contribution in [3.05, 3.63) is 35.9 Å². The number of hydrogen-bond donors (Lipinski definition) is 1. The van der Waals surface area contributed by atoms with Gasteiger partial charge < -0.3 is 5.73 Å². The molecule has 2 nitrogen and oxygen atoms in total. The molecular weight excluding hydrogens is 208 g/mol. The van der Waals surface area contributed by atoms with Crippen LogP contribution in [0.4, 0.5) is 0 Å². The fraction of sp³-hybridized carbons (Fsp3) is 0.600. The summed E-state index contributed by atoms with van der Waals surface area (Å²) in [7, 11) is 0. The zero-order chi connectivity index (χ0) is 12.3. The van der Waals surface area contributed by atoms with E-state index in [1.165, 1.54) is 18.4 Å². The Morgan fingerprint density at radius 1 is 1.24 bits per heavy atom. The van der Waals surface area contributed by atoms with Crippen molar-refractivity contribution in [1.82, 2.24) is 4.90 Å². The highest BCUT2D eigenvalue weighted by atomic mass is 15.2. The van der Waals surface area contributed by atoms with E-state index in [-0.39, 0.29) is 0 Å². The lowest BCUT2D eigenvalue weighted by Gasteiger charge is -2.30. The van der Waals surface area contributed by atoms with E-state index in [0.717, 1.165) is 19.6 Å². The van der Waals surface area contributed by atoms with Gasteiger partial charge in [0.15, 0.2) is 0 Å². The fourth-order valence-electron chi connectivity index (χ4n) is 3.06. The molecule has 1 aliphatic rings.